The first-order valence-corrected chi connectivity index (χ1v) is 9.92. The Kier molecular flexibility index (Phi) is 6.22. The van der Waals surface area contributed by atoms with Gasteiger partial charge in [-0.05, 0) is 53.2 Å². The van der Waals surface area contributed by atoms with Crippen molar-refractivity contribution in [3.63, 3.8) is 0 Å². The molecule has 158 valence electrons. The average Bonchev–Trinajstić information content (AvgIpc) is 2.85. The van der Waals surface area contributed by atoms with Crippen molar-refractivity contribution in [3.8, 4) is 11.5 Å². The third kappa shape index (κ3) is 4.65. The van der Waals surface area contributed by atoms with Crippen LogP contribution in [0.1, 0.15) is 26.3 Å². The zero-order valence-electron chi connectivity index (χ0n) is 17.3. The van der Waals surface area contributed by atoms with E-state index in [2.05, 4.69) is 10.5 Å². The van der Waals surface area contributed by atoms with Crippen LogP contribution in [-0.4, -0.2) is 25.2 Å². The fraction of sp³-hybridized carbons (Fsp3) is 0.0385. The summed E-state index contributed by atoms with van der Waals surface area (Å²) >= 11 is 0. The van der Waals surface area contributed by atoms with Gasteiger partial charge in [-0.3, -0.25) is 4.79 Å². The standard InChI is InChI=1S/C26H20N2O4/c1-31-21-14-11-20(12-15-21)26(30)32-24-16-13-18-7-5-6-10-22(18)23(24)17-27-28-25(29)19-8-3-2-4-9-19/h2-17H,1H3,(H,28,29)/b27-17+. The van der Waals surface area contributed by atoms with E-state index >= 15 is 0 Å². The number of carbonyl (C=O) groups excluding carboxylic acids is 2. The van der Waals surface area contributed by atoms with E-state index in [1.54, 1.807) is 61.7 Å². The van der Waals surface area contributed by atoms with Crippen LogP contribution in [-0.2, 0) is 0 Å². The van der Waals surface area contributed by atoms with E-state index in [-0.39, 0.29) is 5.91 Å². The molecule has 1 amide bonds. The van der Waals surface area contributed by atoms with E-state index in [0.717, 1.165) is 10.8 Å². The molecule has 0 fully saturated rings. The Morgan fingerprint density at radius 2 is 1.53 bits per heavy atom. The van der Waals surface area contributed by atoms with Crippen molar-refractivity contribution in [2.45, 2.75) is 0 Å². The van der Waals surface area contributed by atoms with Gasteiger partial charge in [0.1, 0.15) is 11.5 Å². The minimum atomic E-state index is -0.508. The molecule has 0 bridgehead atoms. The number of carbonyl (C=O) groups is 2. The Labute approximate surface area is 185 Å². The monoisotopic (exact) mass is 424 g/mol. The number of fused-ring (bicyclic) bond motifs is 1. The molecule has 0 aliphatic rings. The SMILES string of the molecule is COc1ccc(C(=O)Oc2ccc3ccccc3c2/C=N/NC(=O)c2ccccc2)cc1. The second-order valence-corrected chi connectivity index (χ2v) is 6.88. The smallest absolute Gasteiger partial charge is 0.343 e. The predicted molar refractivity (Wildman–Crippen MR) is 123 cm³/mol. The van der Waals surface area contributed by atoms with Gasteiger partial charge in [-0.25, -0.2) is 10.2 Å². The quantitative estimate of drug-likeness (QED) is 0.208. The molecule has 0 unspecified atom stereocenters. The number of rotatable bonds is 6. The van der Waals surface area contributed by atoms with Crippen LogP contribution in [0.25, 0.3) is 10.8 Å². The molecule has 4 aromatic rings. The highest BCUT2D eigenvalue weighted by atomic mass is 16.5. The molecule has 0 spiro atoms. The highest BCUT2D eigenvalue weighted by Crippen LogP contribution is 2.27. The van der Waals surface area contributed by atoms with Crippen LogP contribution in [0, 0.1) is 0 Å². The average molecular weight is 424 g/mol. The molecule has 0 saturated heterocycles. The van der Waals surface area contributed by atoms with E-state index in [9.17, 15) is 9.59 Å². The number of methoxy groups -OCH3 is 1. The first kappa shape index (κ1) is 20.8. The summed E-state index contributed by atoms with van der Waals surface area (Å²) in [5, 5.41) is 5.89. The molecule has 0 aliphatic carbocycles. The number of benzene rings is 4. The summed E-state index contributed by atoms with van der Waals surface area (Å²) in [5.41, 5.74) is 3.98. The van der Waals surface area contributed by atoms with Crippen LogP contribution in [0.2, 0.25) is 0 Å². The number of hydrogen-bond acceptors (Lipinski definition) is 5. The van der Waals surface area contributed by atoms with E-state index < -0.39 is 5.97 Å². The Hall–Kier alpha value is -4.45. The summed E-state index contributed by atoms with van der Waals surface area (Å²) in [6.07, 6.45) is 1.49. The molecule has 0 heterocycles. The minimum absolute atomic E-state index is 0.334. The summed E-state index contributed by atoms with van der Waals surface area (Å²) in [4.78, 5) is 25.0. The molecule has 4 aromatic carbocycles. The second-order valence-electron chi connectivity index (χ2n) is 6.88. The summed E-state index contributed by atoms with van der Waals surface area (Å²) in [7, 11) is 1.56. The fourth-order valence-electron chi connectivity index (χ4n) is 3.19. The summed E-state index contributed by atoms with van der Waals surface area (Å²) in [6, 6.07) is 26.7. The number of nitrogens with zero attached hydrogens (tertiary/aromatic N) is 1. The second kappa shape index (κ2) is 9.57. The first-order chi connectivity index (χ1) is 15.7. The van der Waals surface area contributed by atoms with Gasteiger partial charge in [0.25, 0.3) is 5.91 Å². The van der Waals surface area contributed by atoms with Crippen LogP contribution >= 0.6 is 0 Å². The van der Waals surface area contributed by atoms with Crippen molar-refractivity contribution in [2.75, 3.05) is 7.11 Å². The lowest BCUT2D eigenvalue weighted by molar-refractivity contribution is 0.0734. The van der Waals surface area contributed by atoms with Crippen molar-refractivity contribution in [1.82, 2.24) is 5.43 Å². The number of nitrogens with one attached hydrogen (secondary N) is 1. The van der Waals surface area contributed by atoms with Crippen LogP contribution < -0.4 is 14.9 Å². The minimum Gasteiger partial charge on any atom is -0.497 e. The number of hydrazone groups is 1. The van der Waals surface area contributed by atoms with Crippen molar-refractivity contribution < 1.29 is 19.1 Å². The lowest BCUT2D eigenvalue weighted by Crippen LogP contribution is -2.17. The third-order valence-corrected chi connectivity index (χ3v) is 4.85. The summed E-state index contributed by atoms with van der Waals surface area (Å²) < 4.78 is 10.8. The van der Waals surface area contributed by atoms with Gasteiger partial charge in [0.2, 0.25) is 0 Å². The highest BCUT2D eigenvalue weighted by molar-refractivity contribution is 6.04. The normalized spacial score (nSPS) is 10.8. The van der Waals surface area contributed by atoms with Gasteiger partial charge in [0, 0.05) is 11.1 Å². The zero-order valence-corrected chi connectivity index (χ0v) is 17.3. The van der Waals surface area contributed by atoms with E-state index in [1.807, 2.05) is 36.4 Å². The maximum atomic E-state index is 12.7. The molecule has 4 rings (SSSR count). The Bertz CT molecular complexity index is 1280. The van der Waals surface area contributed by atoms with Gasteiger partial charge in [0.05, 0.1) is 18.9 Å². The van der Waals surface area contributed by atoms with Crippen LogP contribution in [0.3, 0.4) is 0 Å². The largest absolute Gasteiger partial charge is 0.497 e. The van der Waals surface area contributed by atoms with Crippen LogP contribution in [0.4, 0.5) is 0 Å². The lowest BCUT2D eigenvalue weighted by atomic mass is 10.0. The summed E-state index contributed by atoms with van der Waals surface area (Å²) in [6.45, 7) is 0. The van der Waals surface area contributed by atoms with Crippen molar-refractivity contribution in [3.05, 3.63) is 108 Å². The maximum absolute atomic E-state index is 12.7. The number of hydrogen-bond donors (Lipinski definition) is 1. The van der Waals surface area contributed by atoms with Crippen LogP contribution in [0.5, 0.6) is 11.5 Å². The maximum Gasteiger partial charge on any atom is 0.343 e. The molecule has 0 aromatic heterocycles. The van der Waals surface area contributed by atoms with E-state index in [1.165, 1.54) is 6.21 Å². The van der Waals surface area contributed by atoms with E-state index in [0.29, 0.717) is 28.2 Å². The topological polar surface area (TPSA) is 77.0 Å². The molecular weight excluding hydrogens is 404 g/mol. The van der Waals surface area contributed by atoms with Gasteiger partial charge in [-0.1, -0.05) is 48.5 Å². The molecule has 32 heavy (non-hydrogen) atoms. The van der Waals surface area contributed by atoms with Crippen molar-refractivity contribution in [2.24, 2.45) is 5.10 Å². The number of ether oxygens (including phenoxy) is 2. The molecular formula is C26H20N2O4. The fourth-order valence-corrected chi connectivity index (χ4v) is 3.19. The number of amides is 1. The van der Waals surface area contributed by atoms with Gasteiger partial charge in [-0.15, -0.1) is 0 Å². The molecule has 0 saturated carbocycles. The number of esters is 1. The van der Waals surface area contributed by atoms with Gasteiger partial charge in [0.15, 0.2) is 0 Å². The van der Waals surface area contributed by atoms with Gasteiger partial charge >= 0.3 is 5.97 Å². The molecule has 6 heteroatoms. The predicted octanol–water partition coefficient (Wildman–Crippen LogP) is 4.83. The molecule has 0 radical (unpaired) electrons. The first-order valence-electron chi connectivity index (χ1n) is 9.92. The molecule has 6 nitrogen and oxygen atoms in total. The van der Waals surface area contributed by atoms with Crippen LogP contribution in [0.15, 0.2) is 96.1 Å². The lowest BCUT2D eigenvalue weighted by Gasteiger charge is -2.11. The Morgan fingerprint density at radius 3 is 2.28 bits per heavy atom. The third-order valence-electron chi connectivity index (χ3n) is 4.85. The zero-order chi connectivity index (χ0) is 22.3. The molecule has 0 aliphatic heterocycles. The van der Waals surface area contributed by atoms with Crippen molar-refractivity contribution in [1.29, 1.82) is 0 Å². The van der Waals surface area contributed by atoms with E-state index in [4.69, 9.17) is 9.47 Å². The molecule has 1 N–H and O–H groups in total. The van der Waals surface area contributed by atoms with Gasteiger partial charge < -0.3 is 9.47 Å². The molecule has 0 atom stereocenters. The van der Waals surface area contributed by atoms with Gasteiger partial charge in [-0.2, -0.15) is 5.10 Å². The highest BCUT2D eigenvalue weighted by Gasteiger charge is 2.14. The Morgan fingerprint density at radius 1 is 0.812 bits per heavy atom. The summed E-state index contributed by atoms with van der Waals surface area (Å²) in [5.74, 6) is 0.140. The van der Waals surface area contributed by atoms with Crippen molar-refractivity contribution >= 4 is 28.9 Å². The Balaban J connectivity index is 1.61.